The summed E-state index contributed by atoms with van der Waals surface area (Å²) in [5.41, 5.74) is 2.17. The number of hydrogen-bond donors (Lipinski definition) is 0. The number of alkyl halides is 1. The van der Waals surface area contributed by atoms with Crippen LogP contribution in [0.15, 0.2) is 18.2 Å². The first kappa shape index (κ1) is 11.5. The van der Waals surface area contributed by atoms with Crippen molar-refractivity contribution in [3.05, 3.63) is 29.6 Å². The third kappa shape index (κ3) is 4.10. The van der Waals surface area contributed by atoms with Crippen molar-refractivity contribution in [1.29, 1.82) is 0 Å². The van der Waals surface area contributed by atoms with Crippen LogP contribution in [-0.2, 0) is 6.42 Å². The molecule has 0 aliphatic rings. The molecule has 0 fully saturated rings. The molecule has 1 nitrogen and oxygen atoms in total. The molecule has 0 radical (unpaired) electrons. The normalized spacial score (nSPS) is 13.2. The van der Waals surface area contributed by atoms with E-state index >= 15 is 0 Å². The highest BCUT2D eigenvalue weighted by Crippen LogP contribution is 2.15. The maximum absolute atomic E-state index is 6.22. The Bertz CT molecular complexity index is 283. The van der Waals surface area contributed by atoms with E-state index in [2.05, 4.69) is 18.8 Å². The van der Waals surface area contributed by atoms with Gasteiger partial charge in [0.2, 0.25) is 0 Å². The Morgan fingerprint density at radius 1 is 1.36 bits per heavy atom. The Kier molecular flexibility index (Phi) is 4.40. The first-order valence-corrected chi connectivity index (χ1v) is 5.58. The zero-order valence-corrected chi connectivity index (χ0v) is 9.88. The van der Waals surface area contributed by atoms with Crippen molar-refractivity contribution >= 4 is 11.6 Å². The van der Waals surface area contributed by atoms with Crippen molar-refractivity contribution in [2.24, 2.45) is 5.92 Å². The summed E-state index contributed by atoms with van der Waals surface area (Å²) in [7, 11) is 0. The van der Waals surface area contributed by atoms with Gasteiger partial charge in [0.1, 0.15) is 0 Å². The number of hydrogen-bond acceptors (Lipinski definition) is 1. The lowest BCUT2D eigenvalue weighted by atomic mass is 10.0. The molecular formula is C12H18ClN. The fourth-order valence-corrected chi connectivity index (χ4v) is 2.05. The van der Waals surface area contributed by atoms with Gasteiger partial charge in [-0.2, -0.15) is 0 Å². The standard InChI is InChI=1S/C12H18ClN/c1-9(2)7-11(13)8-12-6-4-5-10(3)14-12/h4-6,9,11H,7-8H2,1-3H3. The van der Waals surface area contributed by atoms with Gasteiger partial charge in [0, 0.05) is 23.2 Å². The lowest BCUT2D eigenvalue weighted by molar-refractivity contribution is 0.558. The molecule has 1 atom stereocenters. The van der Waals surface area contributed by atoms with Crippen LogP contribution in [0, 0.1) is 12.8 Å². The van der Waals surface area contributed by atoms with Crippen molar-refractivity contribution in [3.63, 3.8) is 0 Å². The second-order valence-electron chi connectivity index (χ2n) is 4.20. The smallest absolute Gasteiger partial charge is 0.0421 e. The number of pyridine rings is 1. The summed E-state index contributed by atoms with van der Waals surface area (Å²) in [5, 5.41) is 0.212. The molecule has 1 unspecified atom stereocenters. The molecule has 0 N–H and O–H groups in total. The van der Waals surface area contributed by atoms with Gasteiger partial charge in [0.25, 0.3) is 0 Å². The lowest BCUT2D eigenvalue weighted by Gasteiger charge is -2.11. The van der Waals surface area contributed by atoms with Gasteiger partial charge in [0.15, 0.2) is 0 Å². The van der Waals surface area contributed by atoms with Crippen LogP contribution < -0.4 is 0 Å². The predicted molar refractivity (Wildman–Crippen MR) is 61.8 cm³/mol. The van der Waals surface area contributed by atoms with E-state index in [1.165, 1.54) is 0 Å². The van der Waals surface area contributed by atoms with E-state index in [-0.39, 0.29) is 5.38 Å². The van der Waals surface area contributed by atoms with Crippen LogP contribution in [0.25, 0.3) is 0 Å². The molecule has 1 aromatic rings. The summed E-state index contributed by atoms with van der Waals surface area (Å²) < 4.78 is 0. The molecule has 1 aromatic heterocycles. The summed E-state index contributed by atoms with van der Waals surface area (Å²) in [6, 6.07) is 6.09. The molecule has 0 aromatic carbocycles. The zero-order chi connectivity index (χ0) is 10.6. The number of aromatic nitrogens is 1. The monoisotopic (exact) mass is 211 g/mol. The van der Waals surface area contributed by atoms with Crippen molar-refractivity contribution in [3.8, 4) is 0 Å². The maximum Gasteiger partial charge on any atom is 0.0421 e. The Morgan fingerprint density at radius 3 is 2.64 bits per heavy atom. The minimum Gasteiger partial charge on any atom is -0.258 e. The maximum atomic E-state index is 6.22. The minimum absolute atomic E-state index is 0.212. The molecule has 0 saturated heterocycles. The van der Waals surface area contributed by atoms with Crippen molar-refractivity contribution in [2.75, 3.05) is 0 Å². The second kappa shape index (κ2) is 5.35. The van der Waals surface area contributed by atoms with Gasteiger partial charge < -0.3 is 0 Å². The topological polar surface area (TPSA) is 12.9 Å². The molecule has 78 valence electrons. The fraction of sp³-hybridized carbons (Fsp3) is 0.583. The summed E-state index contributed by atoms with van der Waals surface area (Å²) in [6.45, 7) is 6.40. The van der Waals surface area contributed by atoms with Crippen molar-refractivity contribution < 1.29 is 0 Å². The molecule has 1 heterocycles. The number of aryl methyl sites for hydroxylation is 1. The van der Waals surface area contributed by atoms with Crippen LogP contribution in [0.5, 0.6) is 0 Å². The van der Waals surface area contributed by atoms with Crippen LogP contribution >= 0.6 is 11.6 Å². The summed E-state index contributed by atoms with van der Waals surface area (Å²) in [5.74, 6) is 0.655. The lowest BCUT2D eigenvalue weighted by Crippen LogP contribution is -2.08. The molecule has 2 heteroatoms. The SMILES string of the molecule is Cc1cccc(CC(Cl)CC(C)C)n1. The second-order valence-corrected chi connectivity index (χ2v) is 4.82. The molecule has 0 aliphatic carbocycles. The van der Waals surface area contributed by atoms with E-state index in [1.54, 1.807) is 0 Å². The Morgan fingerprint density at radius 2 is 2.07 bits per heavy atom. The van der Waals surface area contributed by atoms with E-state index in [9.17, 15) is 0 Å². The first-order chi connectivity index (χ1) is 6.58. The van der Waals surface area contributed by atoms with Gasteiger partial charge in [0.05, 0.1) is 0 Å². The van der Waals surface area contributed by atoms with Gasteiger partial charge in [-0.05, 0) is 31.4 Å². The van der Waals surface area contributed by atoms with Crippen LogP contribution in [0.2, 0.25) is 0 Å². The largest absolute Gasteiger partial charge is 0.258 e. The number of nitrogens with zero attached hydrogens (tertiary/aromatic N) is 1. The third-order valence-corrected chi connectivity index (χ3v) is 2.44. The fourth-order valence-electron chi connectivity index (χ4n) is 1.53. The average molecular weight is 212 g/mol. The van der Waals surface area contributed by atoms with E-state index < -0.39 is 0 Å². The predicted octanol–water partition coefficient (Wildman–Crippen LogP) is 3.59. The quantitative estimate of drug-likeness (QED) is 0.694. The molecule has 0 amide bonds. The Labute approximate surface area is 91.5 Å². The molecule has 0 aliphatic heterocycles. The van der Waals surface area contributed by atoms with E-state index in [0.29, 0.717) is 5.92 Å². The van der Waals surface area contributed by atoms with Crippen LogP contribution in [-0.4, -0.2) is 10.4 Å². The molecule has 14 heavy (non-hydrogen) atoms. The van der Waals surface area contributed by atoms with Crippen molar-refractivity contribution in [1.82, 2.24) is 4.98 Å². The average Bonchev–Trinajstić information content (AvgIpc) is 2.01. The molecule has 0 saturated carbocycles. The van der Waals surface area contributed by atoms with Gasteiger partial charge >= 0.3 is 0 Å². The highest BCUT2D eigenvalue weighted by Gasteiger charge is 2.08. The summed E-state index contributed by atoms with van der Waals surface area (Å²) >= 11 is 6.22. The summed E-state index contributed by atoms with van der Waals surface area (Å²) in [4.78, 5) is 4.44. The first-order valence-electron chi connectivity index (χ1n) is 5.14. The van der Waals surface area contributed by atoms with Gasteiger partial charge in [-0.1, -0.05) is 19.9 Å². The number of rotatable bonds is 4. The number of halogens is 1. The molecule has 0 spiro atoms. The van der Waals surface area contributed by atoms with Gasteiger partial charge in [-0.15, -0.1) is 11.6 Å². The van der Waals surface area contributed by atoms with Crippen LogP contribution in [0.1, 0.15) is 31.7 Å². The molecule has 1 rings (SSSR count). The van der Waals surface area contributed by atoms with Crippen molar-refractivity contribution in [2.45, 2.75) is 39.0 Å². The van der Waals surface area contributed by atoms with Gasteiger partial charge in [-0.3, -0.25) is 4.98 Å². The van der Waals surface area contributed by atoms with Gasteiger partial charge in [-0.25, -0.2) is 0 Å². The Balaban J connectivity index is 2.51. The molecular weight excluding hydrogens is 194 g/mol. The highest BCUT2D eigenvalue weighted by molar-refractivity contribution is 6.20. The highest BCUT2D eigenvalue weighted by atomic mass is 35.5. The molecule has 0 bridgehead atoms. The van der Waals surface area contributed by atoms with E-state index in [0.717, 1.165) is 24.2 Å². The summed E-state index contributed by atoms with van der Waals surface area (Å²) in [6.07, 6.45) is 1.93. The van der Waals surface area contributed by atoms with E-state index in [1.807, 2.05) is 25.1 Å². The zero-order valence-electron chi connectivity index (χ0n) is 9.13. The minimum atomic E-state index is 0.212. The van der Waals surface area contributed by atoms with E-state index in [4.69, 9.17) is 11.6 Å². The van der Waals surface area contributed by atoms with Crippen LogP contribution in [0.3, 0.4) is 0 Å². The third-order valence-electron chi connectivity index (χ3n) is 2.10. The Hall–Kier alpha value is -0.560. The van der Waals surface area contributed by atoms with Crippen LogP contribution in [0.4, 0.5) is 0 Å².